The van der Waals surface area contributed by atoms with Gasteiger partial charge in [0, 0.05) is 61.6 Å². The molecule has 0 bridgehead atoms. The predicted octanol–water partition coefficient (Wildman–Crippen LogP) is 1.73. The van der Waals surface area contributed by atoms with Crippen LogP contribution in [0.4, 0.5) is 11.6 Å². The lowest BCUT2D eigenvalue weighted by Gasteiger charge is -2.32. The number of rotatable bonds is 5. The van der Waals surface area contributed by atoms with Gasteiger partial charge in [-0.25, -0.2) is 18.4 Å². The van der Waals surface area contributed by atoms with Gasteiger partial charge in [0.05, 0.1) is 35.2 Å². The normalized spacial score (nSPS) is 18.4. The molecule has 2 fully saturated rings. The van der Waals surface area contributed by atoms with Gasteiger partial charge in [-0.05, 0) is 18.2 Å². The summed E-state index contributed by atoms with van der Waals surface area (Å²) in [5.41, 5.74) is 8.60. The summed E-state index contributed by atoms with van der Waals surface area (Å²) in [5.74, 6) is 2.06. The number of nitrogens with two attached hydrogens (primary N) is 1. The van der Waals surface area contributed by atoms with Crippen molar-refractivity contribution < 1.29 is 13.2 Å². The quantitative estimate of drug-likeness (QED) is 0.397. The minimum atomic E-state index is -3.14. The third-order valence-electron chi connectivity index (χ3n) is 6.75. The maximum Gasteiger partial charge on any atom is 0.211 e. The Kier molecular flexibility index (Phi) is 6.04. The molecule has 4 aromatic rings. The van der Waals surface area contributed by atoms with Crippen LogP contribution in [0.15, 0.2) is 24.3 Å². The lowest BCUT2D eigenvalue weighted by molar-refractivity contribution is 0.122. The van der Waals surface area contributed by atoms with E-state index in [0.29, 0.717) is 51.0 Å². The maximum atomic E-state index is 11.8. The third kappa shape index (κ3) is 4.52. The molecule has 190 valence electrons. The number of aromatic amines is 1. The van der Waals surface area contributed by atoms with Crippen molar-refractivity contribution in [2.24, 2.45) is 0 Å². The van der Waals surface area contributed by atoms with Gasteiger partial charge >= 0.3 is 0 Å². The molecule has 5 heterocycles. The molecule has 2 saturated heterocycles. The smallest absolute Gasteiger partial charge is 0.211 e. The van der Waals surface area contributed by atoms with Crippen molar-refractivity contribution in [2.75, 3.05) is 69.4 Å². The van der Waals surface area contributed by atoms with Gasteiger partial charge < -0.3 is 15.4 Å². The Labute approximate surface area is 212 Å². The Morgan fingerprint density at radius 1 is 1.08 bits per heavy atom. The Morgan fingerprint density at radius 2 is 1.86 bits per heavy atom. The number of nitrogens with zero attached hydrogens (tertiary/aromatic N) is 6. The van der Waals surface area contributed by atoms with Crippen LogP contribution in [-0.4, -0.2) is 96.5 Å². The summed E-state index contributed by atoms with van der Waals surface area (Å²) in [6, 6.07) is 8.05. The first-order chi connectivity index (χ1) is 17.3. The number of nitrogen functional groups attached to an aromatic ring is 1. The summed E-state index contributed by atoms with van der Waals surface area (Å²) in [6.07, 6.45) is 1.27. The van der Waals surface area contributed by atoms with Gasteiger partial charge in [0.2, 0.25) is 10.0 Å². The van der Waals surface area contributed by atoms with Gasteiger partial charge in [-0.2, -0.15) is 9.40 Å². The van der Waals surface area contributed by atoms with E-state index in [1.807, 2.05) is 18.2 Å². The third-order valence-corrected chi connectivity index (χ3v) is 9.15. The second kappa shape index (κ2) is 9.23. The van der Waals surface area contributed by atoms with E-state index in [2.05, 4.69) is 26.1 Å². The molecule has 0 radical (unpaired) electrons. The number of fused-ring (bicyclic) bond motifs is 2. The molecule has 0 aliphatic carbocycles. The van der Waals surface area contributed by atoms with Crippen LogP contribution in [0.3, 0.4) is 0 Å². The van der Waals surface area contributed by atoms with E-state index in [1.165, 1.54) is 11.1 Å². The van der Waals surface area contributed by atoms with E-state index in [9.17, 15) is 8.42 Å². The zero-order chi connectivity index (χ0) is 24.9. The van der Waals surface area contributed by atoms with Gasteiger partial charge in [0.25, 0.3) is 0 Å². The lowest BCUT2D eigenvalue weighted by Crippen LogP contribution is -2.47. The summed E-state index contributed by atoms with van der Waals surface area (Å²) < 4.78 is 31.9. The van der Waals surface area contributed by atoms with E-state index in [1.54, 1.807) is 15.6 Å². The number of morpholine rings is 1. The average Bonchev–Trinajstić information content (AvgIpc) is 3.46. The number of hydrogen-bond acceptors (Lipinski definition) is 10. The van der Waals surface area contributed by atoms with Gasteiger partial charge in [0.1, 0.15) is 0 Å². The molecule has 0 spiro atoms. The van der Waals surface area contributed by atoms with Crippen molar-refractivity contribution >= 4 is 54.1 Å². The number of nitrogens with one attached hydrogen (secondary N) is 1. The fourth-order valence-electron chi connectivity index (χ4n) is 4.78. The highest BCUT2D eigenvalue weighted by Gasteiger charge is 2.25. The van der Waals surface area contributed by atoms with E-state index in [0.717, 1.165) is 52.1 Å². The van der Waals surface area contributed by atoms with E-state index in [-0.39, 0.29) is 0 Å². The van der Waals surface area contributed by atoms with Gasteiger partial charge in [-0.1, -0.05) is 6.07 Å². The van der Waals surface area contributed by atoms with E-state index in [4.69, 9.17) is 20.4 Å². The molecule has 0 atom stereocenters. The summed E-state index contributed by atoms with van der Waals surface area (Å²) in [7, 11) is -3.14. The molecule has 0 amide bonds. The van der Waals surface area contributed by atoms with Crippen molar-refractivity contribution in [2.45, 2.75) is 6.54 Å². The van der Waals surface area contributed by atoms with Crippen molar-refractivity contribution in [3.8, 4) is 11.4 Å². The van der Waals surface area contributed by atoms with Crippen LogP contribution in [0, 0.1) is 0 Å². The Balaban J connectivity index is 1.34. The first-order valence-corrected chi connectivity index (χ1v) is 14.6. The van der Waals surface area contributed by atoms with Crippen molar-refractivity contribution in [3.63, 3.8) is 0 Å². The predicted molar refractivity (Wildman–Crippen MR) is 142 cm³/mol. The Morgan fingerprint density at radius 3 is 2.61 bits per heavy atom. The molecule has 3 aromatic heterocycles. The van der Waals surface area contributed by atoms with Crippen LogP contribution in [-0.2, 0) is 21.3 Å². The molecule has 6 rings (SSSR count). The average molecular weight is 529 g/mol. The minimum Gasteiger partial charge on any atom is -0.382 e. The molecule has 3 N–H and O–H groups in total. The highest BCUT2D eigenvalue weighted by Crippen LogP contribution is 2.35. The van der Waals surface area contributed by atoms with Crippen LogP contribution in [0.1, 0.15) is 4.88 Å². The molecule has 2 aliphatic heterocycles. The number of thiophene rings is 1. The number of ether oxygens (including phenoxy) is 1. The van der Waals surface area contributed by atoms with E-state index < -0.39 is 10.0 Å². The zero-order valence-electron chi connectivity index (χ0n) is 20.0. The van der Waals surface area contributed by atoms with Gasteiger partial charge in [0.15, 0.2) is 17.5 Å². The molecule has 13 heteroatoms. The Hall–Kier alpha value is -2.84. The zero-order valence-corrected chi connectivity index (χ0v) is 21.6. The number of sulfonamides is 1. The number of benzene rings is 1. The van der Waals surface area contributed by atoms with Gasteiger partial charge in [-0.3, -0.25) is 10.00 Å². The standard InChI is InChI=1S/C23H28N8O3S2/c1-36(32,33)31-6-4-29(5-7-31)14-16-13-19-20(35-16)23(30-8-10-34-11-9-30)26-22(25-19)15-2-3-17-18(12-15)27-28-21(17)24/h2-3,12-13H,4-11,14H2,1H3,(H3,24,27,28). The SMILES string of the molecule is CS(=O)(=O)N1CCN(Cc2cc3nc(-c4ccc5c(N)n[nH]c5c4)nc(N4CCOCC4)c3s2)CC1. The summed E-state index contributed by atoms with van der Waals surface area (Å²) in [5, 5.41) is 7.95. The fraction of sp³-hybridized carbons (Fsp3) is 0.435. The van der Waals surface area contributed by atoms with Crippen LogP contribution in [0.25, 0.3) is 32.5 Å². The monoisotopic (exact) mass is 528 g/mol. The van der Waals surface area contributed by atoms with Crippen LogP contribution in [0.2, 0.25) is 0 Å². The first-order valence-electron chi connectivity index (χ1n) is 11.9. The number of piperazine rings is 1. The fourth-order valence-corrected chi connectivity index (χ4v) is 6.76. The first kappa shape index (κ1) is 23.6. The van der Waals surface area contributed by atoms with Gasteiger partial charge in [-0.15, -0.1) is 11.3 Å². The number of aromatic nitrogens is 4. The topological polar surface area (TPSA) is 134 Å². The molecule has 11 nitrogen and oxygen atoms in total. The van der Waals surface area contributed by atoms with Crippen molar-refractivity contribution in [1.82, 2.24) is 29.4 Å². The number of hydrogen-bond donors (Lipinski definition) is 2. The van der Waals surface area contributed by atoms with Crippen LogP contribution in [0.5, 0.6) is 0 Å². The van der Waals surface area contributed by atoms with Crippen molar-refractivity contribution in [1.29, 1.82) is 0 Å². The van der Waals surface area contributed by atoms with Crippen LogP contribution < -0.4 is 10.6 Å². The van der Waals surface area contributed by atoms with Crippen molar-refractivity contribution in [3.05, 3.63) is 29.1 Å². The highest BCUT2D eigenvalue weighted by atomic mass is 32.2. The van der Waals surface area contributed by atoms with Crippen LogP contribution >= 0.6 is 11.3 Å². The molecular weight excluding hydrogens is 500 g/mol. The number of H-pyrrole nitrogens is 1. The molecule has 0 saturated carbocycles. The summed E-state index contributed by atoms with van der Waals surface area (Å²) in [6.45, 7) is 6.12. The summed E-state index contributed by atoms with van der Waals surface area (Å²) in [4.78, 5) is 15.7. The highest BCUT2D eigenvalue weighted by molar-refractivity contribution is 7.88. The molecule has 36 heavy (non-hydrogen) atoms. The minimum absolute atomic E-state index is 0.474. The molecule has 0 unspecified atom stereocenters. The Bertz CT molecular complexity index is 1520. The largest absolute Gasteiger partial charge is 0.382 e. The molecule has 2 aliphatic rings. The lowest BCUT2D eigenvalue weighted by atomic mass is 10.1. The number of anilines is 2. The second-order valence-corrected chi connectivity index (χ2v) is 12.3. The summed E-state index contributed by atoms with van der Waals surface area (Å²) >= 11 is 1.71. The molecule has 1 aromatic carbocycles. The maximum absolute atomic E-state index is 11.8. The molecular formula is C23H28N8O3S2. The second-order valence-electron chi connectivity index (χ2n) is 9.20. The van der Waals surface area contributed by atoms with E-state index >= 15 is 0 Å².